The standard InChI is InChI=1S/C16H23Cl/c17-13-16(12-14-8-4-3-5-9-14)15-10-6-1-2-7-11-15/h3-5,8-9,15-16H,1-2,6-7,10-13H2. The van der Waals surface area contributed by atoms with E-state index in [4.69, 9.17) is 11.6 Å². The van der Waals surface area contributed by atoms with Gasteiger partial charge >= 0.3 is 0 Å². The fourth-order valence-corrected chi connectivity index (χ4v) is 3.41. The van der Waals surface area contributed by atoms with E-state index in [0.717, 1.165) is 18.2 Å². The highest BCUT2D eigenvalue weighted by molar-refractivity contribution is 6.18. The van der Waals surface area contributed by atoms with E-state index in [9.17, 15) is 0 Å². The monoisotopic (exact) mass is 250 g/mol. The van der Waals surface area contributed by atoms with Crippen LogP contribution < -0.4 is 0 Å². The first-order chi connectivity index (χ1) is 8.40. The number of hydrogen-bond donors (Lipinski definition) is 0. The summed E-state index contributed by atoms with van der Waals surface area (Å²) in [5.41, 5.74) is 1.45. The molecule has 0 saturated heterocycles. The first-order valence-electron chi connectivity index (χ1n) is 7.00. The molecule has 1 aromatic carbocycles. The molecule has 94 valence electrons. The summed E-state index contributed by atoms with van der Waals surface area (Å²) in [6.45, 7) is 0. The minimum absolute atomic E-state index is 0.678. The zero-order valence-corrected chi connectivity index (χ0v) is 11.3. The summed E-state index contributed by atoms with van der Waals surface area (Å²) in [6.07, 6.45) is 9.62. The van der Waals surface area contributed by atoms with Crippen LogP contribution in [-0.2, 0) is 6.42 Å². The zero-order chi connectivity index (χ0) is 11.9. The smallest absolute Gasteiger partial charge is 0.0257 e. The summed E-state index contributed by atoms with van der Waals surface area (Å²) < 4.78 is 0. The van der Waals surface area contributed by atoms with Gasteiger partial charge in [-0.1, -0.05) is 68.9 Å². The highest BCUT2D eigenvalue weighted by Crippen LogP contribution is 2.31. The third-order valence-corrected chi connectivity index (χ3v) is 4.50. The SMILES string of the molecule is ClCC(Cc1ccccc1)C1CCCCCC1. The summed E-state index contributed by atoms with van der Waals surface area (Å²) >= 11 is 6.20. The van der Waals surface area contributed by atoms with Crippen molar-refractivity contribution < 1.29 is 0 Å². The first kappa shape index (κ1) is 13.0. The van der Waals surface area contributed by atoms with Gasteiger partial charge in [0, 0.05) is 5.88 Å². The number of hydrogen-bond acceptors (Lipinski definition) is 0. The largest absolute Gasteiger partial charge is 0.126 e. The molecule has 1 aromatic rings. The molecule has 17 heavy (non-hydrogen) atoms. The minimum atomic E-state index is 0.678. The maximum absolute atomic E-state index is 6.20. The Morgan fingerprint density at radius 1 is 1.00 bits per heavy atom. The molecule has 0 amide bonds. The van der Waals surface area contributed by atoms with Crippen LogP contribution in [0.2, 0.25) is 0 Å². The Bertz CT molecular complexity index is 299. The van der Waals surface area contributed by atoms with Crippen molar-refractivity contribution >= 4 is 11.6 Å². The van der Waals surface area contributed by atoms with E-state index in [1.54, 1.807) is 0 Å². The van der Waals surface area contributed by atoms with Crippen LogP contribution in [0.25, 0.3) is 0 Å². The third kappa shape index (κ3) is 4.03. The predicted molar refractivity (Wildman–Crippen MR) is 75.5 cm³/mol. The average Bonchev–Trinajstić information content (AvgIpc) is 2.66. The van der Waals surface area contributed by atoms with Crippen LogP contribution in [0.5, 0.6) is 0 Å². The van der Waals surface area contributed by atoms with Crippen LogP contribution in [-0.4, -0.2) is 5.88 Å². The predicted octanol–water partition coefficient (Wildman–Crippen LogP) is 5.05. The van der Waals surface area contributed by atoms with E-state index in [2.05, 4.69) is 30.3 Å². The number of rotatable bonds is 4. The van der Waals surface area contributed by atoms with E-state index >= 15 is 0 Å². The molecule has 1 aliphatic carbocycles. The topological polar surface area (TPSA) is 0 Å². The second-order valence-electron chi connectivity index (χ2n) is 5.36. The van der Waals surface area contributed by atoms with E-state index < -0.39 is 0 Å². The first-order valence-corrected chi connectivity index (χ1v) is 7.53. The van der Waals surface area contributed by atoms with Crippen molar-refractivity contribution in [3.63, 3.8) is 0 Å². The van der Waals surface area contributed by atoms with Crippen molar-refractivity contribution in [1.29, 1.82) is 0 Å². The van der Waals surface area contributed by atoms with Gasteiger partial charge in [0.25, 0.3) is 0 Å². The van der Waals surface area contributed by atoms with Gasteiger partial charge in [-0.15, -0.1) is 11.6 Å². The third-order valence-electron chi connectivity index (χ3n) is 4.11. The number of benzene rings is 1. The Morgan fingerprint density at radius 2 is 1.65 bits per heavy atom. The fraction of sp³-hybridized carbons (Fsp3) is 0.625. The van der Waals surface area contributed by atoms with Crippen LogP contribution in [0.1, 0.15) is 44.1 Å². The van der Waals surface area contributed by atoms with Gasteiger partial charge in [0.15, 0.2) is 0 Å². The summed E-state index contributed by atoms with van der Waals surface area (Å²) in [5.74, 6) is 2.35. The van der Waals surface area contributed by atoms with E-state index in [0.29, 0.717) is 5.92 Å². The second-order valence-corrected chi connectivity index (χ2v) is 5.66. The van der Waals surface area contributed by atoms with Gasteiger partial charge in [0.1, 0.15) is 0 Å². The minimum Gasteiger partial charge on any atom is -0.126 e. The molecule has 1 unspecified atom stereocenters. The van der Waals surface area contributed by atoms with Crippen LogP contribution >= 0.6 is 11.6 Å². The van der Waals surface area contributed by atoms with Crippen LogP contribution in [0.15, 0.2) is 30.3 Å². The Morgan fingerprint density at radius 3 is 2.24 bits per heavy atom. The van der Waals surface area contributed by atoms with E-state index in [1.807, 2.05) is 0 Å². The Balaban J connectivity index is 1.95. The lowest BCUT2D eigenvalue weighted by Crippen LogP contribution is -2.18. The molecule has 0 heterocycles. The normalized spacial score (nSPS) is 19.8. The maximum atomic E-state index is 6.20. The van der Waals surface area contributed by atoms with Crippen molar-refractivity contribution in [2.24, 2.45) is 11.8 Å². The van der Waals surface area contributed by atoms with Crippen LogP contribution in [0, 0.1) is 11.8 Å². The molecule has 2 rings (SSSR count). The molecule has 1 saturated carbocycles. The fourth-order valence-electron chi connectivity index (χ4n) is 3.05. The molecule has 0 aliphatic heterocycles. The summed E-state index contributed by atoms with van der Waals surface area (Å²) in [7, 11) is 0. The molecule has 1 fully saturated rings. The highest BCUT2D eigenvalue weighted by atomic mass is 35.5. The van der Waals surface area contributed by atoms with Crippen LogP contribution in [0.4, 0.5) is 0 Å². The van der Waals surface area contributed by atoms with Crippen molar-refractivity contribution in [2.75, 3.05) is 5.88 Å². The van der Waals surface area contributed by atoms with Gasteiger partial charge in [0.2, 0.25) is 0 Å². The van der Waals surface area contributed by atoms with Gasteiger partial charge in [-0.2, -0.15) is 0 Å². The molecule has 0 nitrogen and oxygen atoms in total. The second kappa shape index (κ2) is 7.06. The number of alkyl halides is 1. The quantitative estimate of drug-likeness (QED) is 0.518. The zero-order valence-electron chi connectivity index (χ0n) is 10.6. The van der Waals surface area contributed by atoms with Gasteiger partial charge in [-0.3, -0.25) is 0 Å². The molecular formula is C16H23Cl. The van der Waals surface area contributed by atoms with Gasteiger partial charge in [-0.25, -0.2) is 0 Å². The molecule has 0 radical (unpaired) electrons. The van der Waals surface area contributed by atoms with Crippen LogP contribution in [0.3, 0.4) is 0 Å². The Kier molecular flexibility index (Phi) is 5.38. The van der Waals surface area contributed by atoms with E-state index in [-0.39, 0.29) is 0 Å². The molecule has 1 heteroatoms. The summed E-state index contributed by atoms with van der Waals surface area (Å²) in [6, 6.07) is 10.8. The average molecular weight is 251 g/mol. The molecule has 0 N–H and O–H groups in total. The van der Waals surface area contributed by atoms with Crippen molar-refractivity contribution in [2.45, 2.75) is 44.9 Å². The Hall–Kier alpha value is -0.490. The number of halogens is 1. The highest BCUT2D eigenvalue weighted by Gasteiger charge is 2.22. The molecular weight excluding hydrogens is 228 g/mol. The molecule has 1 atom stereocenters. The van der Waals surface area contributed by atoms with E-state index in [1.165, 1.54) is 44.1 Å². The Labute approximate surface area is 110 Å². The molecule has 0 aromatic heterocycles. The van der Waals surface area contributed by atoms with Gasteiger partial charge in [-0.05, 0) is 23.8 Å². The van der Waals surface area contributed by atoms with Gasteiger partial charge < -0.3 is 0 Å². The van der Waals surface area contributed by atoms with Crippen molar-refractivity contribution in [3.05, 3.63) is 35.9 Å². The summed E-state index contributed by atoms with van der Waals surface area (Å²) in [4.78, 5) is 0. The maximum Gasteiger partial charge on any atom is 0.0257 e. The molecule has 0 spiro atoms. The lowest BCUT2D eigenvalue weighted by molar-refractivity contribution is 0.321. The van der Waals surface area contributed by atoms with Crippen molar-refractivity contribution in [1.82, 2.24) is 0 Å². The lowest BCUT2D eigenvalue weighted by Gasteiger charge is -2.24. The molecule has 1 aliphatic rings. The molecule has 0 bridgehead atoms. The van der Waals surface area contributed by atoms with Gasteiger partial charge in [0.05, 0.1) is 0 Å². The summed E-state index contributed by atoms with van der Waals surface area (Å²) in [5, 5.41) is 0. The lowest BCUT2D eigenvalue weighted by atomic mass is 9.83. The van der Waals surface area contributed by atoms with Crippen molar-refractivity contribution in [3.8, 4) is 0 Å².